The number of hydrogen-bond acceptors (Lipinski definition) is 5. The summed E-state index contributed by atoms with van der Waals surface area (Å²) in [7, 11) is -2.47. The van der Waals surface area contributed by atoms with Crippen LogP contribution < -0.4 is 0 Å². The molecule has 0 aromatic rings. The van der Waals surface area contributed by atoms with Crippen molar-refractivity contribution in [2.75, 3.05) is 46.2 Å². The van der Waals surface area contributed by atoms with E-state index in [1.807, 2.05) is 20.8 Å². The molecule has 0 saturated carbocycles. The van der Waals surface area contributed by atoms with Crippen LogP contribution in [0.25, 0.3) is 0 Å². The summed E-state index contributed by atoms with van der Waals surface area (Å²) in [5.74, 6) is 0. The maximum absolute atomic E-state index is 5.85. The number of unbranched alkanes of at least 4 members (excludes halogenated alkanes) is 1. The standard InChI is InChI=1S/C16H34O5Si/c1-5-16(14-18-15-16)13-17-11-9-10-12-22(19-6-2,20-7-3)21-8-4/h5-15H2,1-4H3. The fourth-order valence-electron chi connectivity index (χ4n) is 2.62. The first-order chi connectivity index (χ1) is 10.7. The molecule has 0 aromatic heterocycles. The van der Waals surface area contributed by atoms with Gasteiger partial charge in [0.25, 0.3) is 0 Å². The molecule has 1 aliphatic heterocycles. The molecule has 5 nitrogen and oxygen atoms in total. The van der Waals surface area contributed by atoms with Crippen molar-refractivity contribution in [2.24, 2.45) is 5.41 Å². The van der Waals surface area contributed by atoms with Crippen LogP contribution in [0.4, 0.5) is 0 Å². The molecule has 0 N–H and O–H groups in total. The molecule has 0 unspecified atom stereocenters. The molecule has 1 heterocycles. The van der Waals surface area contributed by atoms with E-state index in [0.717, 1.165) is 51.7 Å². The second kappa shape index (κ2) is 10.7. The molecule has 0 aromatic carbocycles. The first kappa shape index (κ1) is 20.1. The number of ether oxygens (including phenoxy) is 2. The highest BCUT2D eigenvalue weighted by molar-refractivity contribution is 6.60. The van der Waals surface area contributed by atoms with Crippen molar-refractivity contribution in [1.29, 1.82) is 0 Å². The van der Waals surface area contributed by atoms with Crippen molar-refractivity contribution in [1.82, 2.24) is 0 Å². The Balaban J connectivity index is 2.21. The second-order valence-electron chi connectivity index (χ2n) is 5.84. The molecule has 1 saturated heterocycles. The first-order valence-electron chi connectivity index (χ1n) is 8.73. The van der Waals surface area contributed by atoms with Gasteiger partial charge in [-0.3, -0.25) is 0 Å². The Hall–Kier alpha value is 0.0169. The number of rotatable bonds is 14. The summed E-state index contributed by atoms with van der Waals surface area (Å²) in [5.41, 5.74) is 0.278. The van der Waals surface area contributed by atoms with Crippen molar-refractivity contribution in [3.05, 3.63) is 0 Å². The van der Waals surface area contributed by atoms with Gasteiger partial charge in [0, 0.05) is 37.9 Å². The SMILES string of the molecule is CCO[Si](CCCCOCC1(CC)COC1)(OCC)OCC. The third-order valence-corrected chi connectivity index (χ3v) is 7.24. The Morgan fingerprint density at radius 1 is 0.909 bits per heavy atom. The molecule has 1 aliphatic rings. The van der Waals surface area contributed by atoms with E-state index in [-0.39, 0.29) is 5.41 Å². The van der Waals surface area contributed by atoms with Crippen LogP contribution in [0, 0.1) is 5.41 Å². The minimum atomic E-state index is -2.47. The zero-order valence-corrected chi connectivity index (χ0v) is 15.8. The van der Waals surface area contributed by atoms with Crippen LogP contribution in [0.1, 0.15) is 47.0 Å². The molecule has 1 rings (SSSR count). The van der Waals surface area contributed by atoms with Gasteiger partial charge in [0.05, 0.1) is 19.8 Å². The smallest absolute Gasteiger partial charge is 0.381 e. The van der Waals surface area contributed by atoms with Crippen LogP contribution in [-0.2, 0) is 22.8 Å². The Morgan fingerprint density at radius 3 is 1.91 bits per heavy atom. The summed E-state index contributed by atoms with van der Waals surface area (Å²) in [6.07, 6.45) is 3.16. The van der Waals surface area contributed by atoms with Gasteiger partial charge in [0.15, 0.2) is 0 Å². The van der Waals surface area contributed by atoms with E-state index in [9.17, 15) is 0 Å². The third kappa shape index (κ3) is 6.26. The van der Waals surface area contributed by atoms with E-state index in [0.29, 0.717) is 19.8 Å². The summed E-state index contributed by atoms with van der Waals surface area (Å²) in [6.45, 7) is 13.4. The molecule has 0 atom stereocenters. The highest BCUT2D eigenvalue weighted by atomic mass is 28.4. The highest BCUT2D eigenvalue weighted by Crippen LogP contribution is 2.31. The van der Waals surface area contributed by atoms with Crippen LogP contribution in [0.2, 0.25) is 6.04 Å². The van der Waals surface area contributed by atoms with Gasteiger partial charge in [-0.25, -0.2) is 0 Å². The second-order valence-corrected chi connectivity index (χ2v) is 8.57. The van der Waals surface area contributed by atoms with Gasteiger partial charge < -0.3 is 22.8 Å². The van der Waals surface area contributed by atoms with Crippen LogP contribution in [-0.4, -0.2) is 55.1 Å². The molecule has 0 spiro atoms. The largest absolute Gasteiger partial charge is 0.500 e. The van der Waals surface area contributed by atoms with E-state index in [2.05, 4.69) is 6.92 Å². The van der Waals surface area contributed by atoms with Crippen LogP contribution >= 0.6 is 0 Å². The summed E-state index contributed by atoms with van der Waals surface area (Å²) in [6, 6.07) is 0.869. The Kier molecular flexibility index (Phi) is 9.78. The summed E-state index contributed by atoms with van der Waals surface area (Å²) in [5, 5.41) is 0. The van der Waals surface area contributed by atoms with E-state index in [1.54, 1.807) is 0 Å². The van der Waals surface area contributed by atoms with E-state index >= 15 is 0 Å². The topological polar surface area (TPSA) is 46.2 Å². The number of hydrogen-bond donors (Lipinski definition) is 0. The van der Waals surface area contributed by atoms with E-state index in [1.165, 1.54) is 0 Å². The maximum Gasteiger partial charge on any atom is 0.500 e. The van der Waals surface area contributed by atoms with E-state index in [4.69, 9.17) is 22.8 Å². The van der Waals surface area contributed by atoms with Gasteiger partial charge in [0.2, 0.25) is 0 Å². The van der Waals surface area contributed by atoms with Crippen molar-refractivity contribution in [3.8, 4) is 0 Å². The molecular formula is C16H34O5Si. The lowest BCUT2D eigenvalue weighted by Crippen LogP contribution is -2.46. The summed E-state index contributed by atoms with van der Waals surface area (Å²) in [4.78, 5) is 0. The molecule has 0 amide bonds. The molecule has 1 fully saturated rings. The lowest BCUT2D eigenvalue weighted by Gasteiger charge is -2.40. The van der Waals surface area contributed by atoms with Gasteiger partial charge in [-0.2, -0.15) is 0 Å². The Labute approximate surface area is 137 Å². The fraction of sp³-hybridized carbons (Fsp3) is 1.00. The zero-order valence-electron chi connectivity index (χ0n) is 14.8. The van der Waals surface area contributed by atoms with Crippen molar-refractivity contribution in [3.63, 3.8) is 0 Å². The molecule has 0 bridgehead atoms. The predicted molar refractivity (Wildman–Crippen MR) is 89.0 cm³/mol. The minimum Gasteiger partial charge on any atom is -0.381 e. The Morgan fingerprint density at radius 2 is 1.50 bits per heavy atom. The quantitative estimate of drug-likeness (QED) is 0.360. The van der Waals surface area contributed by atoms with E-state index < -0.39 is 8.80 Å². The average Bonchev–Trinajstić information content (AvgIpc) is 2.46. The normalized spacial score (nSPS) is 17.5. The summed E-state index contributed by atoms with van der Waals surface area (Å²) < 4.78 is 28.7. The van der Waals surface area contributed by atoms with Crippen LogP contribution in [0.3, 0.4) is 0 Å². The van der Waals surface area contributed by atoms with Gasteiger partial charge >= 0.3 is 8.80 Å². The summed E-state index contributed by atoms with van der Waals surface area (Å²) >= 11 is 0. The minimum absolute atomic E-state index is 0.278. The first-order valence-corrected chi connectivity index (χ1v) is 10.7. The fourth-order valence-corrected chi connectivity index (χ4v) is 5.30. The van der Waals surface area contributed by atoms with Gasteiger partial charge in [-0.1, -0.05) is 6.92 Å². The van der Waals surface area contributed by atoms with Crippen molar-refractivity contribution < 1.29 is 22.8 Å². The lowest BCUT2D eigenvalue weighted by molar-refractivity contribution is -0.150. The van der Waals surface area contributed by atoms with Crippen molar-refractivity contribution >= 4 is 8.80 Å². The van der Waals surface area contributed by atoms with Gasteiger partial charge in [0.1, 0.15) is 0 Å². The monoisotopic (exact) mass is 334 g/mol. The molecule has 0 aliphatic carbocycles. The molecule has 22 heavy (non-hydrogen) atoms. The Bertz CT molecular complexity index is 261. The molecule has 0 radical (unpaired) electrons. The van der Waals surface area contributed by atoms with Gasteiger partial charge in [-0.15, -0.1) is 0 Å². The molecular weight excluding hydrogens is 300 g/mol. The van der Waals surface area contributed by atoms with Crippen LogP contribution in [0.15, 0.2) is 0 Å². The van der Waals surface area contributed by atoms with Crippen LogP contribution in [0.5, 0.6) is 0 Å². The lowest BCUT2D eigenvalue weighted by atomic mass is 9.84. The third-order valence-electron chi connectivity index (χ3n) is 4.09. The molecule has 6 heteroatoms. The predicted octanol–water partition coefficient (Wildman–Crippen LogP) is 3.26. The van der Waals surface area contributed by atoms with Crippen molar-refractivity contribution in [2.45, 2.75) is 53.0 Å². The highest BCUT2D eigenvalue weighted by Gasteiger charge is 2.39. The maximum atomic E-state index is 5.85. The molecule has 132 valence electrons. The average molecular weight is 335 g/mol. The zero-order chi connectivity index (χ0) is 16.3. The van der Waals surface area contributed by atoms with Gasteiger partial charge in [-0.05, 0) is 40.0 Å².